The molecule has 7 heteroatoms. The zero-order valence-electron chi connectivity index (χ0n) is 12.7. The third kappa shape index (κ3) is 2.67. The van der Waals surface area contributed by atoms with E-state index < -0.39 is 9.84 Å². The van der Waals surface area contributed by atoms with E-state index in [-0.39, 0.29) is 17.5 Å². The van der Waals surface area contributed by atoms with Crippen molar-refractivity contribution < 1.29 is 17.2 Å². The van der Waals surface area contributed by atoms with Crippen LogP contribution >= 0.6 is 0 Å². The van der Waals surface area contributed by atoms with Crippen molar-refractivity contribution in [2.45, 2.75) is 5.75 Å². The predicted molar refractivity (Wildman–Crippen MR) is 89.8 cm³/mol. The van der Waals surface area contributed by atoms with Gasteiger partial charge in [-0.2, -0.15) is 0 Å². The maximum absolute atomic E-state index is 13.3. The van der Waals surface area contributed by atoms with Crippen molar-refractivity contribution in [3.8, 4) is 11.1 Å². The summed E-state index contributed by atoms with van der Waals surface area (Å²) in [6, 6.07) is 10.0. The number of benzene rings is 2. The highest BCUT2D eigenvalue weighted by atomic mass is 32.2. The molecule has 0 aliphatic heterocycles. The summed E-state index contributed by atoms with van der Waals surface area (Å²) in [6.07, 6.45) is 2.95. The molecule has 0 atom stereocenters. The number of halogens is 1. The van der Waals surface area contributed by atoms with Gasteiger partial charge in [-0.05, 0) is 35.9 Å². The molecular formula is C17H13FN2O3S. The molecule has 0 radical (unpaired) electrons. The van der Waals surface area contributed by atoms with Crippen molar-refractivity contribution in [2.75, 3.05) is 6.26 Å². The Hall–Kier alpha value is -2.67. The Bertz CT molecular complexity index is 1180. The van der Waals surface area contributed by atoms with E-state index in [0.29, 0.717) is 16.6 Å². The summed E-state index contributed by atoms with van der Waals surface area (Å²) in [5.41, 5.74) is 3.63. The first kappa shape index (κ1) is 14.9. The number of hydrogen-bond acceptors (Lipinski definition) is 4. The minimum atomic E-state index is -3.21. The molecule has 0 spiro atoms. The van der Waals surface area contributed by atoms with Gasteiger partial charge in [0.15, 0.2) is 15.4 Å². The van der Waals surface area contributed by atoms with Crippen LogP contribution in [0.2, 0.25) is 0 Å². The molecule has 2 aromatic heterocycles. The molecule has 0 unspecified atom stereocenters. The molecule has 2 heterocycles. The van der Waals surface area contributed by atoms with Gasteiger partial charge in [0.25, 0.3) is 0 Å². The fraction of sp³-hybridized carbons (Fsp3) is 0.118. The predicted octanol–water partition coefficient (Wildman–Crippen LogP) is 3.66. The van der Waals surface area contributed by atoms with E-state index in [2.05, 4.69) is 9.97 Å². The van der Waals surface area contributed by atoms with Crippen LogP contribution in [0.1, 0.15) is 5.89 Å². The van der Waals surface area contributed by atoms with E-state index in [0.717, 1.165) is 22.8 Å². The summed E-state index contributed by atoms with van der Waals surface area (Å²) < 4.78 is 41.5. The van der Waals surface area contributed by atoms with Gasteiger partial charge in [0, 0.05) is 28.9 Å². The van der Waals surface area contributed by atoms with E-state index in [4.69, 9.17) is 4.42 Å². The molecule has 24 heavy (non-hydrogen) atoms. The molecule has 4 rings (SSSR count). The number of aromatic amines is 1. The van der Waals surface area contributed by atoms with Crippen LogP contribution in [-0.2, 0) is 15.6 Å². The second-order valence-corrected chi connectivity index (χ2v) is 7.89. The summed E-state index contributed by atoms with van der Waals surface area (Å²) in [6.45, 7) is 0. The van der Waals surface area contributed by atoms with E-state index >= 15 is 0 Å². The van der Waals surface area contributed by atoms with Crippen molar-refractivity contribution >= 4 is 31.8 Å². The number of fused-ring (bicyclic) bond motifs is 2. The normalized spacial score (nSPS) is 12.2. The third-order valence-corrected chi connectivity index (χ3v) is 4.54. The molecule has 2 aromatic carbocycles. The van der Waals surface area contributed by atoms with E-state index in [1.165, 1.54) is 12.1 Å². The molecule has 0 fully saturated rings. The molecule has 122 valence electrons. The Morgan fingerprint density at radius 1 is 1.21 bits per heavy atom. The second kappa shape index (κ2) is 5.17. The van der Waals surface area contributed by atoms with Crippen molar-refractivity contribution in [2.24, 2.45) is 0 Å². The van der Waals surface area contributed by atoms with Crippen molar-refractivity contribution in [3.63, 3.8) is 0 Å². The molecule has 4 aromatic rings. The van der Waals surface area contributed by atoms with Crippen LogP contribution in [0.15, 0.2) is 47.0 Å². The average molecular weight is 344 g/mol. The standard InChI is InChI=1S/C17H13FN2O3S/c1-24(21,22)9-17-20-15-6-10(2-5-16(15)23-17)13-8-19-14-7-11(18)3-4-12(13)14/h2-8,19H,9H2,1H3. The highest BCUT2D eigenvalue weighted by Gasteiger charge is 2.14. The maximum Gasteiger partial charge on any atom is 0.210 e. The Morgan fingerprint density at radius 2 is 2.04 bits per heavy atom. The van der Waals surface area contributed by atoms with Crippen LogP contribution in [0.25, 0.3) is 33.1 Å². The topological polar surface area (TPSA) is 76.0 Å². The Balaban J connectivity index is 1.81. The van der Waals surface area contributed by atoms with E-state index in [1.807, 2.05) is 18.3 Å². The van der Waals surface area contributed by atoms with Crippen LogP contribution in [0.4, 0.5) is 4.39 Å². The lowest BCUT2D eigenvalue weighted by molar-refractivity contribution is 0.542. The van der Waals surface area contributed by atoms with Crippen LogP contribution in [0.3, 0.4) is 0 Å². The molecule has 0 bridgehead atoms. The van der Waals surface area contributed by atoms with Crippen LogP contribution in [0.5, 0.6) is 0 Å². The first-order chi connectivity index (χ1) is 11.4. The molecule has 0 amide bonds. The number of sulfone groups is 1. The number of H-pyrrole nitrogens is 1. The minimum Gasteiger partial charge on any atom is -0.440 e. The summed E-state index contributed by atoms with van der Waals surface area (Å²) >= 11 is 0. The van der Waals surface area contributed by atoms with Crippen molar-refractivity contribution in [1.29, 1.82) is 0 Å². The van der Waals surface area contributed by atoms with Gasteiger partial charge in [-0.1, -0.05) is 6.07 Å². The number of rotatable bonds is 3. The summed E-state index contributed by atoms with van der Waals surface area (Å²) in [5, 5.41) is 0.899. The zero-order valence-corrected chi connectivity index (χ0v) is 13.5. The third-order valence-electron chi connectivity index (χ3n) is 3.77. The summed E-state index contributed by atoms with van der Waals surface area (Å²) in [4.78, 5) is 7.30. The number of hydrogen-bond donors (Lipinski definition) is 1. The Morgan fingerprint density at radius 3 is 2.83 bits per heavy atom. The van der Waals surface area contributed by atoms with Gasteiger partial charge in [-0.3, -0.25) is 0 Å². The lowest BCUT2D eigenvalue weighted by Crippen LogP contribution is -2.00. The largest absolute Gasteiger partial charge is 0.440 e. The van der Waals surface area contributed by atoms with Crippen molar-refractivity contribution in [1.82, 2.24) is 9.97 Å². The monoisotopic (exact) mass is 344 g/mol. The number of aromatic nitrogens is 2. The fourth-order valence-electron chi connectivity index (χ4n) is 2.77. The van der Waals surface area contributed by atoms with E-state index in [9.17, 15) is 12.8 Å². The SMILES string of the molecule is CS(=O)(=O)Cc1nc2cc(-c3c[nH]c4cc(F)ccc34)ccc2o1. The molecule has 1 N–H and O–H groups in total. The number of nitrogens with one attached hydrogen (secondary N) is 1. The van der Waals surface area contributed by atoms with Crippen LogP contribution < -0.4 is 0 Å². The Labute approximate surface area is 137 Å². The smallest absolute Gasteiger partial charge is 0.210 e. The van der Waals surface area contributed by atoms with Gasteiger partial charge >= 0.3 is 0 Å². The average Bonchev–Trinajstić information content (AvgIpc) is 3.06. The molecule has 0 saturated carbocycles. The quantitative estimate of drug-likeness (QED) is 0.615. The van der Waals surface area contributed by atoms with Crippen molar-refractivity contribution in [3.05, 3.63) is 54.3 Å². The first-order valence-corrected chi connectivity index (χ1v) is 9.29. The number of oxazole rings is 1. The lowest BCUT2D eigenvalue weighted by Gasteiger charge is -1.99. The van der Waals surface area contributed by atoms with Gasteiger partial charge in [0.05, 0.1) is 0 Å². The maximum atomic E-state index is 13.3. The number of nitrogens with zero attached hydrogens (tertiary/aromatic N) is 1. The van der Waals surface area contributed by atoms with Gasteiger partial charge < -0.3 is 9.40 Å². The molecule has 0 saturated heterocycles. The van der Waals surface area contributed by atoms with Crippen LogP contribution in [0, 0.1) is 5.82 Å². The van der Waals surface area contributed by atoms with Gasteiger partial charge in [0.1, 0.15) is 17.1 Å². The molecule has 0 aliphatic carbocycles. The van der Waals surface area contributed by atoms with Crippen LogP contribution in [-0.4, -0.2) is 24.6 Å². The summed E-state index contributed by atoms with van der Waals surface area (Å²) in [5.74, 6) is -0.359. The molecular weight excluding hydrogens is 331 g/mol. The van der Waals surface area contributed by atoms with E-state index in [1.54, 1.807) is 12.1 Å². The highest BCUT2D eigenvalue weighted by Crippen LogP contribution is 2.31. The highest BCUT2D eigenvalue weighted by molar-refractivity contribution is 7.89. The summed E-state index contributed by atoms with van der Waals surface area (Å²) in [7, 11) is -3.21. The first-order valence-electron chi connectivity index (χ1n) is 7.23. The lowest BCUT2D eigenvalue weighted by atomic mass is 10.0. The molecule has 0 aliphatic rings. The Kier molecular flexibility index (Phi) is 3.21. The zero-order chi connectivity index (χ0) is 16.9. The fourth-order valence-corrected chi connectivity index (χ4v) is 3.34. The second-order valence-electron chi connectivity index (χ2n) is 5.75. The van der Waals surface area contributed by atoms with Gasteiger partial charge in [0.2, 0.25) is 5.89 Å². The van der Waals surface area contributed by atoms with Gasteiger partial charge in [-0.25, -0.2) is 17.8 Å². The van der Waals surface area contributed by atoms with Gasteiger partial charge in [-0.15, -0.1) is 0 Å². The minimum absolute atomic E-state index is 0.172. The molecule has 5 nitrogen and oxygen atoms in total.